The van der Waals surface area contributed by atoms with Gasteiger partial charge in [0.05, 0.1) is 0 Å². The lowest BCUT2D eigenvalue weighted by atomic mass is 9.50. The van der Waals surface area contributed by atoms with Crippen molar-refractivity contribution in [3.05, 3.63) is 11.6 Å². The van der Waals surface area contributed by atoms with Crippen molar-refractivity contribution in [2.24, 2.45) is 29.1 Å². The van der Waals surface area contributed by atoms with E-state index in [1.165, 1.54) is 13.8 Å². The van der Waals surface area contributed by atoms with Gasteiger partial charge in [0, 0.05) is 25.7 Å². The highest BCUT2D eigenvalue weighted by molar-refractivity contribution is 5.91. The number of terminal acetylenes is 1. The second kappa shape index (κ2) is 7.00. The molecule has 4 aliphatic rings. The van der Waals surface area contributed by atoms with Crippen LogP contribution in [0.4, 0.5) is 0 Å². The first-order chi connectivity index (χ1) is 13.7. The number of esters is 2. The average Bonchev–Trinajstić information content (AvgIpc) is 2.94. The van der Waals surface area contributed by atoms with Gasteiger partial charge in [-0.2, -0.15) is 0 Å². The van der Waals surface area contributed by atoms with Crippen LogP contribution in [-0.4, -0.2) is 29.4 Å². The van der Waals surface area contributed by atoms with Crippen LogP contribution < -0.4 is 0 Å². The molecular formula is C24H30O5. The fourth-order valence-corrected chi connectivity index (χ4v) is 7.16. The highest BCUT2D eigenvalue weighted by Gasteiger charge is 2.65. The van der Waals surface area contributed by atoms with Crippen LogP contribution >= 0.6 is 0 Å². The normalized spacial score (nSPS) is 43.2. The van der Waals surface area contributed by atoms with Crippen molar-refractivity contribution in [2.75, 3.05) is 0 Å². The van der Waals surface area contributed by atoms with Crippen molar-refractivity contribution in [1.29, 1.82) is 0 Å². The van der Waals surface area contributed by atoms with E-state index < -0.39 is 5.60 Å². The van der Waals surface area contributed by atoms with Crippen LogP contribution in [0.5, 0.6) is 0 Å². The lowest BCUT2D eigenvalue weighted by Gasteiger charge is -2.56. The Morgan fingerprint density at radius 1 is 1.14 bits per heavy atom. The number of hydrogen-bond donors (Lipinski definition) is 0. The van der Waals surface area contributed by atoms with E-state index in [-0.39, 0.29) is 35.2 Å². The minimum atomic E-state index is -0.857. The monoisotopic (exact) mass is 398 g/mol. The number of ketones is 1. The third-order valence-electron chi connectivity index (χ3n) is 8.30. The standard InChI is InChI=1S/C24H30O5/c1-5-24(29-15(3)26)11-9-21-19-13-22(28-14(2)25)20-12-16(27)6-7-17(20)18(19)8-10-23(21,24)4/h1,12,17-19,21-22H,6-11,13H2,2-4H3/t17?,18?,19?,21?,22-,23+,24+/m1/s1. The highest BCUT2D eigenvalue weighted by atomic mass is 16.6. The van der Waals surface area contributed by atoms with E-state index in [4.69, 9.17) is 15.9 Å². The Hall–Kier alpha value is -2.09. The van der Waals surface area contributed by atoms with Crippen LogP contribution in [0, 0.1) is 41.4 Å². The van der Waals surface area contributed by atoms with E-state index in [1.807, 2.05) is 0 Å². The quantitative estimate of drug-likeness (QED) is 0.525. The number of ether oxygens (including phenoxy) is 2. The number of rotatable bonds is 2. The molecule has 0 radical (unpaired) electrons. The van der Waals surface area contributed by atoms with Gasteiger partial charge in [-0.15, -0.1) is 6.42 Å². The van der Waals surface area contributed by atoms with E-state index in [0.29, 0.717) is 30.6 Å². The number of hydrogen-bond acceptors (Lipinski definition) is 5. The van der Waals surface area contributed by atoms with Crippen LogP contribution in [-0.2, 0) is 23.9 Å². The first kappa shape index (κ1) is 20.2. The molecule has 3 fully saturated rings. The molecule has 4 unspecified atom stereocenters. The molecule has 5 heteroatoms. The van der Waals surface area contributed by atoms with Gasteiger partial charge in [-0.25, -0.2) is 0 Å². The maximum absolute atomic E-state index is 12.1. The Balaban J connectivity index is 1.70. The molecule has 4 rings (SSSR count). The third kappa shape index (κ3) is 3.03. The van der Waals surface area contributed by atoms with E-state index >= 15 is 0 Å². The molecule has 4 aliphatic carbocycles. The summed E-state index contributed by atoms with van der Waals surface area (Å²) in [6, 6.07) is 0. The maximum Gasteiger partial charge on any atom is 0.304 e. The lowest BCUT2D eigenvalue weighted by molar-refractivity contribution is -0.170. The largest absolute Gasteiger partial charge is 0.458 e. The smallest absolute Gasteiger partial charge is 0.304 e. The Bertz CT molecular complexity index is 820. The minimum Gasteiger partial charge on any atom is -0.458 e. The summed E-state index contributed by atoms with van der Waals surface area (Å²) >= 11 is 0. The van der Waals surface area contributed by atoms with Crippen molar-refractivity contribution < 1.29 is 23.9 Å². The van der Waals surface area contributed by atoms with Crippen molar-refractivity contribution in [3.63, 3.8) is 0 Å². The number of carbonyl (C=O) groups is 3. The van der Waals surface area contributed by atoms with Gasteiger partial charge in [-0.05, 0) is 73.8 Å². The molecule has 3 saturated carbocycles. The fourth-order valence-electron chi connectivity index (χ4n) is 7.16. The predicted octanol–water partition coefficient (Wildman–Crippen LogP) is 3.60. The summed E-state index contributed by atoms with van der Waals surface area (Å²) in [7, 11) is 0. The second-order valence-corrected chi connectivity index (χ2v) is 9.58. The molecule has 0 heterocycles. The molecule has 0 amide bonds. The summed E-state index contributed by atoms with van der Waals surface area (Å²) in [6.45, 7) is 5.03. The van der Waals surface area contributed by atoms with E-state index in [0.717, 1.165) is 37.7 Å². The molecular weight excluding hydrogens is 368 g/mol. The fraction of sp³-hybridized carbons (Fsp3) is 0.708. The summed E-state index contributed by atoms with van der Waals surface area (Å²) in [5, 5.41) is 0. The Morgan fingerprint density at radius 3 is 2.55 bits per heavy atom. The van der Waals surface area contributed by atoms with Crippen molar-refractivity contribution >= 4 is 17.7 Å². The molecule has 7 atom stereocenters. The Morgan fingerprint density at radius 2 is 1.90 bits per heavy atom. The van der Waals surface area contributed by atoms with Crippen molar-refractivity contribution in [2.45, 2.75) is 77.4 Å². The summed E-state index contributed by atoms with van der Waals surface area (Å²) < 4.78 is 11.5. The van der Waals surface area contributed by atoms with Crippen LogP contribution in [0.15, 0.2) is 11.6 Å². The lowest BCUT2D eigenvalue weighted by Crippen LogP contribution is -2.55. The summed E-state index contributed by atoms with van der Waals surface area (Å²) in [5.41, 5.74) is -0.118. The minimum absolute atomic E-state index is 0.134. The van der Waals surface area contributed by atoms with E-state index in [1.54, 1.807) is 6.08 Å². The molecule has 0 aromatic heterocycles. The number of carbonyl (C=O) groups excluding carboxylic acids is 3. The van der Waals surface area contributed by atoms with Crippen LogP contribution in [0.1, 0.15) is 65.7 Å². The zero-order chi connectivity index (χ0) is 21.0. The Kier molecular flexibility index (Phi) is 4.88. The number of fused-ring (bicyclic) bond motifs is 5. The molecule has 0 saturated heterocycles. The van der Waals surface area contributed by atoms with Gasteiger partial charge in [-0.1, -0.05) is 12.8 Å². The average molecular weight is 398 g/mol. The summed E-state index contributed by atoms with van der Waals surface area (Å²) in [5.74, 6) is 3.77. The molecule has 29 heavy (non-hydrogen) atoms. The molecule has 0 aromatic carbocycles. The zero-order valence-corrected chi connectivity index (χ0v) is 17.5. The van der Waals surface area contributed by atoms with Gasteiger partial charge in [0.1, 0.15) is 6.10 Å². The van der Waals surface area contributed by atoms with Crippen molar-refractivity contribution in [3.8, 4) is 12.3 Å². The van der Waals surface area contributed by atoms with Gasteiger partial charge in [0.25, 0.3) is 0 Å². The predicted molar refractivity (Wildman–Crippen MR) is 106 cm³/mol. The maximum atomic E-state index is 12.1. The van der Waals surface area contributed by atoms with Crippen LogP contribution in [0.25, 0.3) is 0 Å². The zero-order valence-electron chi connectivity index (χ0n) is 17.5. The topological polar surface area (TPSA) is 69.7 Å². The van der Waals surface area contributed by atoms with Gasteiger partial charge in [0.15, 0.2) is 11.4 Å². The highest BCUT2D eigenvalue weighted by Crippen LogP contribution is 2.65. The molecule has 0 N–H and O–H groups in total. The van der Waals surface area contributed by atoms with Crippen molar-refractivity contribution in [1.82, 2.24) is 0 Å². The van der Waals surface area contributed by atoms with Crippen LogP contribution in [0.2, 0.25) is 0 Å². The summed E-state index contributed by atoms with van der Waals surface area (Å²) in [6.07, 6.45) is 13.0. The van der Waals surface area contributed by atoms with Gasteiger partial charge in [-0.3, -0.25) is 14.4 Å². The summed E-state index contributed by atoms with van der Waals surface area (Å²) in [4.78, 5) is 35.7. The molecule has 5 nitrogen and oxygen atoms in total. The van der Waals surface area contributed by atoms with Gasteiger partial charge in [0.2, 0.25) is 0 Å². The Labute approximate surface area is 172 Å². The second-order valence-electron chi connectivity index (χ2n) is 9.58. The van der Waals surface area contributed by atoms with Gasteiger partial charge >= 0.3 is 11.9 Å². The van der Waals surface area contributed by atoms with E-state index in [9.17, 15) is 14.4 Å². The molecule has 156 valence electrons. The molecule has 0 spiro atoms. The first-order valence-electron chi connectivity index (χ1n) is 10.8. The van der Waals surface area contributed by atoms with Gasteiger partial charge < -0.3 is 9.47 Å². The van der Waals surface area contributed by atoms with E-state index in [2.05, 4.69) is 12.8 Å². The SMILES string of the molecule is C#C[C@]1(OC(C)=O)CCC2C3C[C@@H](OC(C)=O)C4=CC(=O)CCC4C3CC[C@@]21C. The molecule has 0 aromatic rings. The van der Waals surface area contributed by atoms with Crippen LogP contribution in [0.3, 0.4) is 0 Å². The third-order valence-corrected chi connectivity index (χ3v) is 8.30. The molecule has 0 aliphatic heterocycles. The first-order valence-corrected chi connectivity index (χ1v) is 10.8. The molecule has 0 bridgehead atoms.